The molecule has 0 saturated carbocycles. The van der Waals surface area contributed by atoms with Crippen LogP contribution in [-0.4, -0.2) is 75.2 Å². The molecule has 1 aromatic carbocycles. The van der Waals surface area contributed by atoms with Gasteiger partial charge in [-0.3, -0.25) is 4.79 Å². The molecule has 2 heterocycles. The Balaban J connectivity index is 1.68. The number of rotatable bonds is 5. The summed E-state index contributed by atoms with van der Waals surface area (Å²) in [5.74, 6) is 0.781. The largest absolute Gasteiger partial charge is 0.341 e. The number of carbonyl (C=O) groups excluding carboxylic acids is 1. The molecule has 6 nitrogen and oxygen atoms in total. The summed E-state index contributed by atoms with van der Waals surface area (Å²) in [6, 6.07) is 8.64. The summed E-state index contributed by atoms with van der Waals surface area (Å²) in [5.41, 5.74) is 0. The molecule has 0 spiro atoms. The lowest BCUT2D eigenvalue weighted by Crippen LogP contribution is -2.43. The molecule has 26 heavy (non-hydrogen) atoms. The molecular formula is C19H29N3O3S. The number of fused-ring (bicyclic) bond motifs is 1. The maximum absolute atomic E-state index is 12.9. The lowest BCUT2D eigenvalue weighted by molar-refractivity contribution is -0.131. The molecule has 2 aliphatic rings. The molecule has 2 unspecified atom stereocenters. The van der Waals surface area contributed by atoms with Crippen molar-refractivity contribution >= 4 is 15.9 Å². The molecule has 1 amide bonds. The Labute approximate surface area is 156 Å². The summed E-state index contributed by atoms with van der Waals surface area (Å²) in [7, 11) is 0.572. The van der Waals surface area contributed by atoms with Crippen molar-refractivity contribution in [3.8, 4) is 0 Å². The fourth-order valence-electron chi connectivity index (χ4n) is 3.96. The zero-order valence-electron chi connectivity index (χ0n) is 15.7. The van der Waals surface area contributed by atoms with Crippen LogP contribution in [0.2, 0.25) is 0 Å². The predicted molar refractivity (Wildman–Crippen MR) is 101 cm³/mol. The van der Waals surface area contributed by atoms with Crippen LogP contribution in [0.5, 0.6) is 0 Å². The van der Waals surface area contributed by atoms with Crippen LogP contribution >= 0.6 is 0 Å². The van der Waals surface area contributed by atoms with Gasteiger partial charge in [-0.05, 0) is 50.9 Å². The van der Waals surface area contributed by atoms with Gasteiger partial charge in [0.25, 0.3) is 0 Å². The Morgan fingerprint density at radius 3 is 2.46 bits per heavy atom. The fourth-order valence-corrected chi connectivity index (χ4v) is 5.49. The van der Waals surface area contributed by atoms with Crippen LogP contribution in [0.15, 0.2) is 35.2 Å². The second-order valence-electron chi connectivity index (χ2n) is 7.66. The summed E-state index contributed by atoms with van der Waals surface area (Å²) in [4.78, 5) is 16.9. The topological polar surface area (TPSA) is 60.9 Å². The van der Waals surface area contributed by atoms with E-state index in [0.717, 1.165) is 32.5 Å². The third-order valence-electron chi connectivity index (χ3n) is 5.61. The maximum Gasteiger partial charge on any atom is 0.243 e. The van der Waals surface area contributed by atoms with Crippen molar-refractivity contribution in [1.29, 1.82) is 0 Å². The van der Waals surface area contributed by atoms with Crippen molar-refractivity contribution in [2.75, 3.05) is 46.8 Å². The van der Waals surface area contributed by atoms with Crippen molar-refractivity contribution < 1.29 is 13.2 Å². The number of hydrogen-bond acceptors (Lipinski definition) is 4. The van der Waals surface area contributed by atoms with Gasteiger partial charge in [-0.2, -0.15) is 4.31 Å². The quantitative estimate of drug-likeness (QED) is 0.778. The highest BCUT2D eigenvalue weighted by Gasteiger charge is 2.38. The van der Waals surface area contributed by atoms with Crippen molar-refractivity contribution in [2.45, 2.75) is 24.2 Å². The molecule has 2 fully saturated rings. The minimum atomic E-state index is -3.44. The van der Waals surface area contributed by atoms with E-state index in [0.29, 0.717) is 30.3 Å². The number of nitrogens with zero attached hydrogens (tertiary/aromatic N) is 3. The van der Waals surface area contributed by atoms with Gasteiger partial charge in [0.2, 0.25) is 15.9 Å². The molecule has 0 aromatic heterocycles. The minimum Gasteiger partial charge on any atom is -0.341 e. The standard InChI is InChI=1S/C19H29N3O3S/c1-20(2)12-13-21-10-8-17-15-22(11-9-16(17)14-19(21)23)26(24,25)18-6-4-3-5-7-18/h3-7,16-17H,8-15H2,1-2H3. The molecule has 0 bridgehead atoms. The van der Waals surface area contributed by atoms with E-state index in [1.165, 1.54) is 0 Å². The first-order valence-electron chi connectivity index (χ1n) is 9.35. The van der Waals surface area contributed by atoms with Crippen LogP contribution in [0.3, 0.4) is 0 Å². The first-order valence-corrected chi connectivity index (χ1v) is 10.8. The van der Waals surface area contributed by atoms with Crippen molar-refractivity contribution in [3.63, 3.8) is 0 Å². The van der Waals surface area contributed by atoms with E-state index in [-0.39, 0.29) is 11.8 Å². The maximum atomic E-state index is 12.9. The molecule has 144 valence electrons. The summed E-state index contributed by atoms with van der Waals surface area (Å²) >= 11 is 0. The van der Waals surface area contributed by atoms with Gasteiger partial charge in [-0.15, -0.1) is 0 Å². The summed E-state index contributed by atoms with van der Waals surface area (Å²) in [6.45, 7) is 3.36. The SMILES string of the molecule is CN(C)CCN1CCC2CN(S(=O)(=O)c3ccccc3)CCC2CC1=O. The van der Waals surface area contributed by atoms with Crippen LogP contribution < -0.4 is 0 Å². The Bertz CT molecular complexity index is 721. The molecule has 2 aliphatic heterocycles. The van der Waals surface area contributed by atoms with Crippen molar-refractivity contribution in [2.24, 2.45) is 11.8 Å². The summed E-state index contributed by atoms with van der Waals surface area (Å²) in [6.07, 6.45) is 2.20. The second kappa shape index (κ2) is 8.06. The molecule has 1 aromatic rings. The highest BCUT2D eigenvalue weighted by Crippen LogP contribution is 2.34. The van der Waals surface area contributed by atoms with E-state index in [1.807, 2.05) is 25.1 Å². The van der Waals surface area contributed by atoms with E-state index in [2.05, 4.69) is 4.90 Å². The molecular weight excluding hydrogens is 350 g/mol. The molecule has 0 aliphatic carbocycles. The Kier molecular flexibility index (Phi) is 5.99. The lowest BCUT2D eigenvalue weighted by atomic mass is 9.83. The Morgan fingerprint density at radius 1 is 1.08 bits per heavy atom. The number of hydrogen-bond donors (Lipinski definition) is 0. The summed E-state index contributed by atoms with van der Waals surface area (Å²) < 4.78 is 27.4. The van der Waals surface area contributed by atoms with Gasteiger partial charge < -0.3 is 9.80 Å². The van der Waals surface area contributed by atoms with Gasteiger partial charge in [-0.25, -0.2) is 8.42 Å². The molecule has 2 saturated heterocycles. The van der Waals surface area contributed by atoms with Gasteiger partial charge in [0.1, 0.15) is 0 Å². The van der Waals surface area contributed by atoms with E-state index in [9.17, 15) is 13.2 Å². The number of likely N-dealkylation sites (tertiary alicyclic amines) is 1. The van der Waals surface area contributed by atoms with Gasteiger partial charge in [0, 0.05) is 39.1 Å². The van der Waals surface area contributed by atoms with Gasteiger partial charge in [0.05, 0.1) is 4.90 Å². The monoisotopic (exact) mass is 379 g/mol. The van der Waals surface area contributed by atoms with Gasteiger partial charge in [0.15, 0.2) is 0 Å². The summed E-state index contributed by atoms with van der Waals surface area (Å²) in [5, 5.41) is 0. The normalized spacial score (nSPS) is 25.2. The van der Waals surface area contributed by atoms with E-state index in [4.69, 9.17) is 0 Å². The average Bonchev–Trinajstić information content (AvgIpc) is 2.78. The third kappa shape index (κ3) is 4.27. The van der Waals surface area contributed by atoms with Gasteiger partial charge in [-0.1, -0.05) is 18.2 Å². The van der Waals surface area contributed by atoms with Gasteiger partial charge >= 0.3 is 0 Å². The van der Waals surface area contributed by atoms with Crippen LogP contribution in [0.4, 0.5) is 0 Å². The second-order valence-corrected chi connectivity index (χ2v) is 9.60. The van der Waals surface area contributed by atoms with Crippen LogP contribution in [0.25, 0.3) is 0 Å². The number of benzene rings is 1. The predicted octanol–water partition coefficient (Wildman–Crippen LogP) is 1.50. The van der Waals surface area contributed by atoms with E-state index in [1.54, 1.807) is 28.6 Å². The van der Waals surface area contributed by atoms with Crippen molar-refractivity contribution in [1.82, 2.24) is 14.1 Å². The Morgan fingerprint density at radius 2 is 1.77 bits per heavy atom. The molecule has 2 atom stereocenters. The third-order valence-corrected chi connectivity index (χ3v) is 7.49. The van der Waals surface area contributed by atoms with Crippen LogP contribution in [0.1, 0.15) is 19.3 Å². The highest BCUT2D eigenvalue weighted by atomic mass is 32.2. The number of likely N-dealkylation sites (N-methyl/N-ethyl adjacent to an activating group) is 1. The molecule has 0 radical (unpaired) electrons. The van der Waals surface area contributed by atoms with Crippen molar-refractivity contribution in [3.05, 3.63) is 30.3 Å². The first-order chi connectivity index (χ1) is 12.4. The zero-order valence-corrected chi connectivity index (χ0v) is 16.5. The first kappa shape index (κ1) is 19.3. The number of sulfonamides is 1. The minimum absolute atomic E-state index is 0.221. The number of carbonyl (C=O) groups is 1. The van der Waals surface area contributed by atoms with Crippen LogP contribution in [-0.2, 0) is 14.8 Å². The smallest absolute Gasteiger partial charge is 0.243 e. The molecule has 7 heteroatoms. The fraction of sp³-hybridized carbons (Fsp3) is 0.632. The number of amides is 1. The van der Waals surface area contributed by atoms with E-state index >= 15 is 0 Å². The highest BCUT2D eigenvalue weighted by molar-refractivity contribution is 7.89. The molecule has 0 N–H and O–H groups in total. The molecule has 3 rings (SSSR count). The average molecular weight is 380 g/mol. The van der Waals surface area contributed by atoms with E-state index < -0.39 is 10.0 Å². The Hall–Kier alpha value is -1.44. The number of piperidine rings is 1. The van der Waals surface area contributed by atoms with Crippen LogP contribution in [0, 0.1) is 11.8 Å². The zero-order chi connectivity index (χ0) is 18.7. The lowest BCUT2D eigenvalue weighted by Gasteiger charge is -2.36.